The third-order valence-electron chi connectivity index (χ3n) is 2.09. The summed E-state index contributed by atoms with van der Waals surface area (Å²) in [5, 5.41) is 3.45. The Morgan fingerprint density at radius 3 is 2.73 bits per heavy atom. The molecule has 1 N–H and O–H groups in total. The van der Waals surface area contributed by atoms with Crippen molar-refractivity contribution in [3.8, 4) is 0 Å². The number of rotatable bonds is 2. The lowest BCUT2D eigenvalue weighted by atomic mass is 9.90. The van der Waals surface area contributed by atoms with Crippen LogP contribution in [0.15, 0.2) is 24.8 Å². The summed E-state index contributed by atoms with van der Waals surface area (Å²) in [6, 6.07) is 0.558. The van der Waals surface area contributed by atoms with Crippen molar-refractivity contribution in [3.05, 3.63) is 24.8 Å². The van der Waals surface area contributed by atoms with Gasteiger partial charge in [0.1, 0.15) is 0 Å². The standard InChI is InChI=1S/C10H17N/c1-4-5-6-9-7-10(2,3)8-11-9/h4-6,9,11H,1,7-8H2,2-3H3/b6-5+. The summed E-state index contributed by atoms with van der Waals surface area (Å²) in [7, 11) is 0. The fourth-order valence-corrected chi connectivity index (χ4v) is 1.50. The lowest BCUT2D eigenvalue weighted by Gasteiger charge is -2.13. The second kappa shape index (κ2) is 3.22. The molecule has 0 aromatic carbocycles. The van der Waals surface area contributed by atoms with Crippen molar-refractivity contribution in [2.45, 2.75) is 26.3 Å². The zero-order valence-electron chi connectivity index (χ0n) is 7.43. The van der Waals surface area contributed by atoms with Gasteiger partial charge in [0.05, 0.1) is 0 Å². The van der Waals surface area contributed by atoms with Crippen molar-refractivity contribution < 1.29 is 0 Å². The van der Waals surface area contributed by atoms with Gasteiger partial charge in [0.25, 0.3) is 0 Å². The highest BCUT2D eigenvalue weighted by atomic mass is 15.0. The smallest absolute Gasteiger partial charge is 0.0258 e. The van der Waals surface area contributed by atoms with Crippen LogP contribution in [0.5, 0.6) is 0 Å². The van der Waals surface area contributed by atoms with E-state index in [0.717, 1.165) is 6.54 Å². The molecule has 1 aliphatic rings. The predicted octanol–water partition coefficient (Wildman–Crippen LogP) is 2.12. The zero-order valence-corrected chi connectivity index (χ0v) is 7.43. The third-order valence-corrected chi connectivity index (χ3v) is 2.09. The molecule has 0 bridgehead atoms. The van der Waals surface area contributed by atoms with Crippen molar-refractivity contribution >= 4 is 0 Å². The molecule has 1 atom stereocenters. The molecule has 0 spiro atoms. The van der Waals surface area contributed by atoms with E-state index < -0.39 is 0 Å². The third kappa shape index (κ3) is 2.51. The van der Waals surface area contributed by atoms with Crippen LogP contribution in [0.25, 0.3) is 0 Å². The Bertz CT molecular complexity index is 168. The largest absolute Gasteiger partial charge is 0.310 e. The number of hydrogen-bond acceptors (Lipinski definition) is 1. The van der Waals surface area contributed by atoms with Crippen LogP contribution in [0.1, 0.15) is 20.3 Å². The van der Waals surface area contributed by atoms with Gasteiger partial charge in [-0.25, -0.2) is 0 Å². The highest BCUT2D eigenvalue weighted by Gasteiger charge is 2.28. The summed E-state index contributed by atoms with van der Waals surface area (Å²) < 4.78 is 0. The highest BCUT2D eigenvalue weighted by molar-refractivity contribution is 5.06. The van der Waals surface area contributed by atoms with E-state index in [9.17, 15) is 0 Å². The van der Waals surface area contributed by atoms with E-state index in [1.54, 1.807) is 0 Å². The van der Waals surface area contributed by atoms with E-state index in [-0.39, 0.29) is 0 Å². The molecule has 0 saturated carbocycles. The van der Waals surface area contributed by atoms with Crippen LogP contribution in [0.4, 0.5) is 0 Å². The van der Waals surface area contributed by atoms with Gasteiger partial charge in [0, 0.05) is 12.6 Å². The van der Waals surface area contributed by atoms with Crippen LogP contribution >= 0.6 is 0 Å². The summed E-state index contributed by atoms with van der Waals surface area (Å²) >= 11 is 0. The van der Waals surface area contributed by atoms with Gasteiger partial charge in [-0.15, -0.1) is 0 Å². The Labute approximate surface area is 69.2 Å². The molecule has 0 aromatic rings. The Balaban J connectivity index is 2.42. The molecule has 1 aliphatic heterocycles. The van der Waals surface area contributed by atoms with Crippen molar-refractivity contribution in [1.82, 2.24) is 5.32 Å². The van der Waals surface area contributed by atoms with Crippen LogP contribution in [-0.4, -0.2) is 12.6 Å². The quantitative estimate of drug-likeness (QED) is 0.596. The predicted molar refractivity (Wildman–Crippen MR) is 49.5 cm³/mol. The Morgan fingerprint density at radius 2 is 2.27 bits per heavy atom. The van der Waals surface area contributed by atoms with Gasteiger partial charge in [-0.05, 0) is 11.8 Å². The van der Waals surface area contributed by atoms with Gasteiger partial charge >= 0.3 is 0 Å². The van der Waals surface area contributed by atoms with Crippen LogP contribution in [-0.2, 0) is 0 Å². The van der Waals surface area contributed by atoms with Crippen molar-refractivity contribution in [2.24, 2.45) is 5.41 Å². The maximum Gasteiger partial charge on any atom is 0.0258 e. The topological polar surface area (TPSA) is 12.0 Å². The monoisotopic (exact) mass is 151 g/mol. The maximum atomic E-state index is 3.64. The second-order valence-corrected chi connectivity index (χ2v) is 3.98. The van der Waals surface area contributed by atoms with Gasteiger partial charge in [-0.3, -0.25) is 0 Å². The van der Waals surface area contributed by atoms with Gasteiger partial charge in [-0.1, -0.05) is 38.7 Å². The van der Waals surface area contributed by atoms with Crippen LogP contribution in [0.3, 0.4) is 0 Å². The Kier molecular flexibility index (Phi) is 2.50. The van der Waals surface area contributed by atoms with Crippen molar-refractivity contribution in [2.75, 3.05) is 6.54 Å². The zero-order chi connectivity index (χ0) is 8.32. The molecule has 1 fully saturated rings. The van der Waals surface area contributed by atoms with Gasteiger partial charge in [0.2, 0.25) is 0 Å². The molecule has 1 unspecified atom stereocenters. The average Bonchev–Trinajstić information content (AvgIpc) is 2.26. The molecule has 1 heteroatoms. The van der Waals surface area contributed by atoms with E-state index in [0.29, 0.717) is 11.5 Å². The summed E-state index contributed by atoms with van der Waals surface area (Å²) in [6.45, 7) is 9.35. The van der Waals surface area contributed by atoms with Crippen molar-refractivity contribution in [1.29, 1.82) is 0 Å². The van der Waals surface area contributed by atoms with Crippen LogP contribution < -0.4 is 5.32 Å². The molecule has 0 aromatic heterocycles. The molecule has 0 amide bonds. The molecule has 11 heavy (non-hydrogen) atoms. The molecule has 0 aliphatic carbocycles. The Hall–Kier alpha value is -0.560. The highest BCUT2D eigenvalue weighted by Crippen LogP contribution is 2.27. The molecular formula is C10H17N. The van der Waals surface area contributed by atoms with E-state index in [2.05, 4.69) is 31.8 Å². The summed E-state index contributed by atoms with van der Waals surface area (Å²) in [5.74, 6) is 0. The summed E-state index contributed by atoms with van der Waals surface area (Å²) in [5.41, 5.74) is 0.468. The minimum Gasteiger partial charge on any atom is -0.310 e. The van der Waals surface area contributed by atoms with Gasteiger partial charge < -0.3 is 5.32 Å². The number of nitrogens with one attached hydrogen (secondary N) is 1. The first-order valence-corrected chi connectivity index (χ1v) is 4.17. The molecule has 62 valence electrons. The fraction of sp³-hybridized carbons (Fsp3) is 0.600. The molecule has 1 nitrogen and oxygen atoms in total. The molecule has 0 radical (unpaired) electrons. The van der Waals surface area contributed by atoms with Crippen LogP contribution in [0, 0.1) is 5.41 Å². The first-order chi connectivity index (χ1) is 5.14. The lowest BCUT2D eigenvalue weighted by molar-refractivity contribution is 0.408. The van der Waals surface area contributed by atoms with E-state index in [1.807, 2.05) is 12.2 Å². The molecule has 1 heterocycles. The van der Waals surface area contributed by atoms with Crippen molar-refractivity contribution in [3.63, 3.8) is 0 Å². The number of allylic oxidation sites excluding steroid dienone is 2. The normalized spacial score (nSPS) is 29.5. The second-order valence-electron chi connectivity index (χ2n) is 3.98. The van der Waals surface area contributed by atoms with Crippen LogP contribution in [0.2, 0.25) is 0 Å². The average molecular weight is 151 g/mol. The van der Waals surface area contributed by atoms with E-state index >= 15 is 0 Å². The summed E-state index contributed by atoms with van der Waals surface area (Å²) in [6.07, 6.45) is 7.26. The molecule has 1 saturated heterocycles. The number of hydrogen-bond donors (Lipinski definition) is 1. The Morgan fingerprint density at radius 1 is 1.55 bits per heavy atom. The lowest BCUT2D eigenvalue weighted by Crippen LogP contribution is -2.19. The maximum absolute atomic E-state index is 3.64. The molecule has 1 rings (SSSR count). The first-order valence-electron chi connectivity index (χ1n) is 4.17. The van der Waals surface area contributed by atoms with Gasteiger partial charge in [0.15, 0.2) is 0 Å². The minimum absolute atomic E-state index is 0.468. The van der Waals surface area contributed by atoms with Gasteiger partial charge in [-0.2, -0.15) is 0 Å². The van der Waals surface area contributed by atoms with E-state index in [1.165, 1.54) is 6.42 Å². The summed E-state index contributed by atoms with van der Waals surface area (Å²) in [4.78, 5) is 0. The van der Waals surface area contributed by atoms with E-state index in [4.69, 9.17) is 0 Å². The minimum atomic E-state index is 0.468. The molecular weight excluding hydrogens is 134 g/mol. The first kappa shape index (κ1) is 8.54. The SMILES string of the molecule is C=C/C=C/C1CC(C)(C)CN1. The fourth-order valence-electron chi connectivity index (χ4n) is 1.50.